The van der Waals surface area contributed by atoms with Crippen molar-refractivity contribution in [2.24, 2.45) is 5.92 Å². The van der Waals surface area contributed by atoms with Crippen molar-refractivity contribution < 1.29 is 9.84 Å². The standard InChI is InChI=1S/C25H33N5O2.CH4/c1-30(2)24-20-8-4-5-9-21(20)28-25(29-24)27-19-13-11-17(12-14-19)15-26-16-18-7-6-10-22(32-3)23(18)31;/h4-10,17,19,26,31H,11-16H2,1-3H3,(H,27,28,29);1H4. The fourth-order valence-electron chi connectivity index (χ4n) is 4.44. The zero-order valence-electron chi connectivity index (χ0n) is 19.1. The number of phenols is 1. The maximum Gasteiger partial charge on any atom is 0.225 e. The van der Waals surface area contributed by atoms with E-state index in [0.717, 1.165) is 54.5 Å². The summed E-state index contributed by atoms with van der Waals surface area (Å²) in [4.78, 5) is 11.6. The lowest BCUT2D eigenvalue weighted by atomic mass is 9.86. The highest BCUT2D eigenvalue weighted by molar-refractivity contribution is 5.90. The minimum Gasteiger partial charge on any atom is -0.504 e. The molecule has 0 spiro atoms. The highest BCUT2D eigenvalue weighted by Crippen LogP contribution is 2.30. The molecule has 7 heteroatoms. The molecule has 0 amide bonds. The minimum atomic E-state index is 0. The van der Waals surface area contributed by atoms with Gasteiger partial charge in [-0.05, 0) is 56.3 Å². The van der Waals surface area contributed by atoms with Gasteiger partial charge in [0.1, 0.15) is 5.82 Å². The molecule has 1 saturated carbocycles. The SMILES string of the molecule is C.COc1cccc(CNCC2CCC(Nc3nc(N(C)C)c4ccccc4n3)CC2)c1O. The quantitative estimate of drug-likeness (QED) is 0.453. The van der Waals surface area contributed by atoms with Crippen molar-refractivity contribution in [3.63, 3.8) is 0 Å². The zero-order valence-corrected chi connectivity index (χ0v) is 19.1. The van der Waals surface area contributed by atoms with E-state index in [1.165, 1.54) is 0 Å². The maximum atomic E-state index is 10.2. The number of hydrogen-bond donors (Lipinski definition) is 3. The van der Waals surface area contributed by atoms with E-state index < -0.39 is 0 Å². The molecule has 0 saturated heterocycles. The number of phenolic OH excluding ortho intramolecular Hbond substituents is 1. The van der Waals surface area contributed by atoms with Gasteiger partial charge in [0.15, 0.2) is 11.5 Å². The van der Waals surface area contributed by atoms with Crippen LogP contribution in [-0.4, -0.2) is 48.9 Å². The van der Waals surface area contributed by atoms with Gasteiger partial charge in [0.25, 0.3) is 0 Å². The highest BCUT2D eigenvalue weighted by Gasteiger charge is 2.22. The summed E-state index contributed by atoms with van der Waals surface area (Å²) in [6.45, 7) is 1.58. The van der Waals surface area contributed by atoms with Gasteiger partial charge < -0.3 is 25.4 Å². The maximum absolute atomic E-state index is 10.2. The predicted molar refractivity (Wildman–Crippen MR) is 136 cm³/mol. The number of aromatic nitrogens is 2. The first kappa shape index (κ1) is 24.6. The van der Waals surface area contributed by atoms with Crippen LogP contribution in [0.4, 0.5) is 11.8 Å². The Hall–Kier alpha value is -3.06. The molecule has 2 aromatic carbocycles. The fraction of sp³-hybridized carbons (Fsp3) is 0.462. The van der Waals surface area contributed by atoms with Crippen LogP contribution in [-0.2, 0) is 6.54 Å². The summed E-state index contributed by atoms with van der Waals surface area (Å²) in [6.07, 6.45) is 4.51. The molecular weight excluding hydrogens is 414 g/mol. The van der Waals surface area contributed by atoms with Crippen LogP contribution in [0.1, 0.15) is 38.7 Å². The van der Waals surface area contributed by atoms with Crippen LogP contribution in [0.5, 0.6) is 11.5 Å². The number of rotatable bonds is 8. The van der Waals surface area contributed by atoms with Crippen molar-refractivity contribution in [3.8, 4) is 11.5 Å². The number of hydrogen-bond acceptors (Lipinski definition) is 7. The number of nitrogens with zero attached hydrogens (tertiary/aromatic N) is 3. The first-order chi connectivity index (χ1) is 15.5. The van der Waals surface area contributed by atoms with E-state index >= 15 is 0 Å². The van der Waals surface area contributed by atoms with Crippen molar-refractivity contribution in [3.05, 3.63) is 48.0 Å². The summed E-state index contributed by atoms with van der Waals surface area (Å²) in [6, 6.07) is 14.1. The third kappa shape index (κ3) is 5.85. The molecule has 0 radical (unpaired) electrons. The molecule has 0 aliphatic heterocycles. The summed E-state index contributed by atoms with van der Waals surface area (Å²) >= 11 is 0. The Labute approximate surface area is 197 Å². The van der Waals surface area contributed by atoms with Gasteiger partial charge in [0.05, 0.1) is 12.6 Å². The Morgan fingerprint density at radius 2 is 1.79 bits per heavy atom. The second-order valence-corrected chi connectivity index (χ2v) is 8.74. The average molecular weight is 452 g/mol. The lowest BCUT2D eigenvalue weighted by Gasteiger charge is -2.29. The highest BCUT2D eigenvalue weighted by atomic mass is 16.5. The molecule has 3 aromatic rings. The summed E-state index contributed by atoms with van der Waals surface area (Å²) in [5, 5.41) is 18.4. The van der Waals surface area contributed by atoms with Crippen molar-refractivity contribution >= 4 is 22.7 Å². The Morgan fingerprint density at radius 3 is 2.52 bits per heavy atom. The van der Waals surface area contributed by atoms with Crippen LogP contribution in [0.15, 0.2) is 42.5 Å². The zero-order chi connectivity index (χ0) is 22.5. The van der Waals surface area contributed by atoms with Gasteiger partial charge in [0, 0.05) is 37.6 Å². The van der Waals surface area contributed by atoms with E-state index in [1.54, 1.807) is 13.2 Å². The monoisotopic (exact) mass is 451 g/mol. The predicted octanol–water partition coefficient (Wildman–Crippen LogP) is 4.81. The molecule has 1 fully saturated rings. The average Bonchev–Trinajstić information content (AvgIpc) is 2.80. The van der Waals surface area contributed by atoms with Crippen molar-refractivity contribution in [1.82, 2.24) is 15.3 Å². The van der Waals surface area contributed by atoms with E-state index in [2.05, 4.69) is 16.7 Å². The summed E-state index contributed by atoms with van der Waals surface area (Å²) in [5.74, 6) is 3.03. The number of para-hydroxylation sites is 2. The molecule has 1 aliphatic carbocycles. The van der Waals surface area contributed by atoms with E-state index in [9.17, 15) is 5.11 Å². The Balaban J connectivity index is 0.00000306. The van der Waals surface area contributed by atoms with Crippen LogP contribution < -0.4 is 20.3 Å². The molecule has 0 atom stereocenters. The van der Waals surface area contributed by atoms with Crippen molar-refractivity contribution in [2.45, 2.75) is 45.7 Å². The molecular formula is C26H37N5O2. The Morgan fingerprint density at radius 1 is 1.03 bits per heavy atom. The first-order valence-electron chi connectivity index (χ1n) is 11.3. The summed E-state index contributed by atoms with van der Waals surface area (Å²) < 4.78 is 5.19. The number of methoxy groups -OCH3 is 1. The number of nitrogens with one attached hydrogen (secondary N) is 2. The molecule has 3 N–H and O–H groups in total. The second-order valence-electron chi connectivity index (χ2n) is 8.74. The van der Waals surface area contributed by atoms with E-state index in [0.29, 0.717) is 30.2 Å². The molecule has 7 nitrogen and oxygen atoms in total. The summed E-state index contributed by atoms with van der Waals surface area (Å²) in [7, 11) is 5.60. The molecule has 33 heavy (non-hydrogen) atoms. The number of benzene rings is 2. The van der Waals surface area contributed by atoms with Gasteiger partial charge >= 0.3 is 0 Å². The van der Waals surface area contributed by atoms with Crippen LogP contribution >= 0.6 is 0 Å². The van der Waals surface area contributed by atoms with Gasteiger partial charge in [-0.25, -0.2) is 4.98 Å². The molecule has 1 heterocycles. The fourth-order valence-corrected chi connectivity index (χ4v) is 4.44. The lowest BCUT2D eigenvalue weighted by molar-refractivity contribution is 0.322. The minimum absolute atomic E-state index is 0. The Kier molecular flexibility index (Phi) is 8.33. The second kappa shape index (κ2) is 11.2. The molecule has 178 valence electrons. The third-order valence-corrected chi connectivity index (χ3v) is 6.24. The van der Waals surface area contributed by atoms with Gasteiger partial charge in [-0.1, -0.05) is 31.7 Å². The van der Waals surface area contributed by atoms with E-state index in [1.807, 2.05) is 49.3 Å². The number of aromatic hydroxyl groups is 1. The van der Waals surface area contributed by atoms with Crippen molar-refractivity contribution in [2.75, 3.05) is 38.0 Å². The lowest BCUT2D eigenvalue weighted by Crippen LogP contribution is -2.31. The van der Waals surface area contributed by atoms with Gasteiger partial charge in [-0.15, -0.1) is 0 Å². The molecule has 1 aromatic heterocycles. The molecule has 0 unspecified atom stereocenters. The summed E-state index contributed by atoms with van der Waals surface area (Å²) in [5.41, 5.74) is 1.83. The number of anilines is 2. The van der Waals surface area contributed by atoms with Crippen LogP contribution in [0.25, 0.3) is 10.9 Å². The van der Waals surface area contributed by atoms with Gasteiger partial charge in [-0.2, -0.15) is 4.98 Å². The van der Waals surface area contributed by atoms with Crippen LogP contribution in [0, 0.1) is 5.92 Å². The molecule has 4 rings (SSSR count). The molecule has 0 bridgehead atoms. The largest absolute Gasteiger partial charge is 0.504 e. The topological polar surface area (TPSA) is 82.5 Å². The van der Waals surface area contributed by atoms with Gasteiger partial charge in [0.2, 0.25) is 5.95 Å². The third-order valence-electron chi connectivity index (χ3n) is 6.24. The van der Waals surface area contributed by atoms with Gasteiger partial charge in [-0.3, -0.25) is 0 Å². The van der Waals surface area contributed by atoms with E-state index in [-0.39, 0.29) is 13.2 Å². The number of ether oxygens (including phenoxy) is 1. The Bertz CT molecular complexity index is 1050. The molecule has 1 aliphatic rings. The first-order valence-corrected chi connectivity index (χ1v) is 11.3. The van der Waals surface area contributed by atoms with E-state index in [4.69, 9.17) is 14.7 Å². The van der Waals surface area contributed by atoms with Crippen molar-refractivity contribution in [1.29, 1.82) is 0 Å². The number of fused-ring (bicyclic) bond motifs is 1. The van der Waals surface area contributed by atoms with Crippen LogP contribution in [0.3, 0.4) is 0 Å². The normalized spacial score (nSPS) is 17.9. The smallest absolute Gasteiger partial charge is 0.225 e. The van der Waals surface area contributed by atoms with Crippen LogP contribution in [0.2, 0.25) is 0 Å².